The fourth-order valence-corrected chi connectivity index (χ4v) is 2.09. The van der Waals surface area contributed by atoms with Crippen LogP contribution >= 0.6 is 0 Å². The molecule has 98 valence electrons. The van der Waals surface area contributed by atoms with Gasteiger partial charge in [0.1, 0.15) is 5.75 Å². The van der Waals surface area contributed by atoms with E-state index >= 15 is 0 Å². The molecule has 18 heavy (non-hydrogen) atoms. The largest absolute Gasteiger partial charge is 0.497 e. The zero-order valence-corrected chi connectivity index (χ0v) is 11.1. The van der Waals surface area contributed by atoms with Gasteiger partial charge in [-0.05, 0) is 49.8 Å². The molecule has 0 aliphatic heterocycles. The second-order valence-electron chi connectivity index (χ2n) is 5.04. The van der Waals surface area contributed by atoms with Crippen molar-refractivity contribution in [3.8, 4) is 5.75 Å². The average Bonchev–Trinajstić information content (AvgIpc) is 3.21. The van der Waals surface area contributed by atoms with Crippen LogP contribution in [0.2, 0.25) is 0 Å². The van der Waals surface area contributed by atoms with Crippen molar-refractivity contribution in [2.75, 3.05) is 7.11 Å². The Morgan fingerprint density at radius 1 is 1.39 bits per heavy atom. The second kappa shape index (κ2) is 5.89. The van der Waals surface area contributed by atoms with E-state index in [0.29, 0.717) is 12.5 Å². The molecule has 0 heterocycles. The van der Waals surface area contributed by atoms with E-state index in [9.17, 15) is 4.79 Å². The van der Waals surface area contributed by atoms with Crippen molar-refractivity contribution in [3.05, 3.63) is 29.8 Å². The lowest BCUT2D eigenvalue weighted by Gasteiger charge is -2.12. The summed E-state index contributed by atoms with van der Waals surface area (Å²) in [4.78, 5) is 11.7. The van der Waals surface area contributed by atoms with Crippen LogP contribution in [-0.2, 0) is 11.2 Å². The Labute approximate surface area is 109 Å². The standard InChI is InChI=1S/C15H21NO2/c1-11(13-6-7-13)16-15(17)10-5-12-3-8-14(18-2)9-4-12/h3-4,8-9,11,13H,5-7,10H2,1-2H3,(H,16,17). The van der Waals surface area contributed by atoms with Gasteiger partial charge in [0.2, 0.25) is 5.91 Å². The highest BCUT2D eigenvalue weighted by Crippen LogP contribution is 2.32. The molecule has 1 amide bonds. The minimum Gasteiger partial charge on any atom is -0.497 e. The first-order chi connectivity index (χ1) is 8.69. The summed E-state index contributed by atoms with van der Waals surface area (Å²) >= 11 is 0. The molecule has 3 nitrogen and oxygen atoms in total. The number of nitrogens with one attached hydrogen (secondary N) is 1. The van der Waals surface area contributed by atoms with E-state index in [0.717, 1.165) is 18.1 Å². The molecule has 1 N–H and O–H groups in total. The Morgan fingerprint density at radius 3 is 2.61 bits per heavy atom. The minimum atomic E-state index is 0.158. The van der Waals surface area contributed by atoms with Crippen LogP contribution in [0.1, 0.15) is 31.7 Å². The van der Waals surface area contributed by atoms with Crippen LogP contribution in [0.5, 0.6) is 5.75 Å². The average molecular weight is 247 g/mol. The van der Waals surface area contributed by atoms with E-state index in [2.05, 4.69) is 12.2 Å². The molecule has 1 aliphatic carbocycles. The van der Waals surface area contributed by atoms with Gasteiger partial charge in [-0.1, -0.05) is 12.1 Å². The van der Waals surface area contributed by atoms with Crippen molar-refractivity contribution in [2.24, 2.45) is 5.92 Å². The SMILES string of the molecule is COc1ccc(CCC(=O)NC(C)C2CC2)cc1. The molecule has 0 radical (unpaired) electrons. The molecule has 0 bridgehead atoms. The van der Waals surface area contributed by atoms with Gasteiger partial charge in [0.15, 0.2) is 0 Å². The van der Waals surface area contributed by atoms with Gasteiger partial charge in [-0.25, -0.2) is 0 Å². The molecule has 2 rings (SSSR count). The monoisotopic (exact) mass is 247 g/mol. The Balaban J connectivity index is 1.74. The summed E-state index contributed by atoms with van der Waals surface area (Å²) in [6.45, 7) is 2.10. The Hall–Kier alpha value is -1.51. The molecule has 1 atom stereocenters. The van der Waals surface area contributed by atoms with Gasteiger partial charge in [0, 0.05) is 12.5 Å². The van der Waals surface area contributed by atoms with E-state index in [-0.39, 0.29) is 5.91 Å². The van der Waals surface area contributed by atoms with E-state index in [1.54, 1.807) is 7.11 Å². The van der Waals surface area contributed by atoms with Gasteiger partial charge in [-0.3, -0.25) is 4.79 Å². The fourth-order valence-electron chi connectivity index (χ4n) is 2.09. The first-order valence-electron chi connectivity index (χ1n) is 6.61. The number of amides is 1. The molecule has 1 aromatic rings. The molecule has 0 spiro atoms. The van der Waals surface area contributed by atoms with E-state index < -0.39 is 0 Å². The van der Waals surface area contributed by atoms with E-state index in [1.807, 2.05) is 24.3 Å². The first kappa shape index (κ1) is 12.9. The number of ether oxygens (including phenoxy) is 1. The molecule has 1 aromatic carbocycles. The lowest BCUT2D eigenvalue weighted by Crippen LogP contribution is -2.34. The first-order valence-corrected chi connectivity index (χ1v) is 6.61. The van der Waals surface area contributed by atoms with Gasteiger partial charge < -0.3 is 10.1 Å². The topological polar surface area (TPSA) is 38.3 Å². The number of hydrogen-bond donors (Lipinski definition) is 1. The Morgan fingerprint density at radius 2 is 2.06 bits per heavy atom. The molecular formula is C15H21NO2. The third-order valence-corrected chi connectivity index (χ3v) is 3.52. The van der Waals surface area contributed by atoms with Gasteiger partial charge in [0.05, 0.1) is 7.11 Å². The number of carbonyl (C=O) groups is 1. The summed E-state index contributed by atoms with van der Waals surface area (Å²) < 4.78 is 5.10. The zero-order chi connectivity index (χ0) is 13.0. The minimum absolute atomic E-state index is 0.158. The van der Waals surface area contributed by atoms with Crippen LogP contribution < -0.4 is 10.1 Å². The molecule has 1 unspecified atom stereocenters. The summed E-state index contributed by atoms with van der Waals surface area (Å²) in [6.07, 6.45) is 3.87. The normalized spacial score (nSPS) is 16.1. The molecule has 1 fully saturated rings. The highest BCUT2D eigenvalue weighted by atomic mass is 16.5. The summed E-state index contributed by atoms with van der Waals surface area (Å²) in [5.41, 5.74) is 1.17. The quantitative estimate of drug-likeness (QED) is 0.839. The van der Waals surface area contributed by atoms with Crippen molar-refractivity contribution < 1.29 is 9.53 Å². The third kappa shape index (κ3) is 3.76. The van der Waals surface area contributed by atoms with E-state index in [4.69, 9.17) is 4.74 Å². The number of benzene rings is 1. The smallest absolute Gasteiger partial charge is 0.220 e. The molecule has 0 saturated heterocycles. The van der Waals surface area contributed by atoms with Crippen molar-refractivity contribution in [3.63, 3.8) is 0 Å². The van der Waals surface area contributed by atoms with Crippen LogP contribution in [0.25, 0.3) is 0 Å². The van der Waals surface area contributed by atoms with Crippen molar-refractivity contribution >= 4 is 5.91 Å². The third-order valence-electron chi connectivity index (χ3n) is 3.52. The van der Waals surface area contributed by atoms with Gasteiger partial charge in [-0.15, -0.1) is 0 Å². The van der Waals surface area contributed by atoms with Crippen molar-refractivity contribution in [1.29, 1.82) is 0 Å². The predicted octanol–water partition coefficient (Wildman–Crippen LogP) is 2.54. The summed E-state index contributed by atoms with van der Waals surface area (Å²) in [6, 6.07) is 8.22. The molecule has 0 aromatic heterocycles. The van der Waals surface area contributed by atoms with Crippen LogP contribution in [0.4, 0.5) is 0 Å². The Kier molecular flexibility index (Phi) is 4.24. The van der Waals surface area contributed by atoms with Crippen molar-refractivity contribution in [1.82, 2.24) is 5.32 Å². The Bertz CT molecular complexity index is 395. The molecule has 1 aliphatic rings. The fraction of sp³-hybridized carbons (Fsp3) is 0.533. The highest BCUT2D eigenvalue weighted by Gasteiger charge is 2.28. The number of hydrogen-bond acceptors (Lipinski definition) is 2. The van der Waals surface area contributed by atoms with Gasteiger partial charge >= 0.3 is 0 Å². The zero-order valence-electron chi connectivity index (χ0n) is 11.1. The summed E-state index contributed by atoms with van der Waals surface area (Å²) in [5, 5.41) is 3.07. The highest BCUT2D eigenvalue weighted by molar-refractivity contribution is 5.76. The number of methoxy groups -OCH3 is 1. The lowest BCUT2D eigenvalue weighted by molar-refractivity contribution is -0.121. The van der Waals surface area contributed by atoms with Gasteiger partial charge in [-0.2, -0.15) is 0 Å². The maximum atomic E-state index is 11.7. The molecule has 1 saturated carbocycles. The van der Waals surface area contributed by atoms with E-state index in [1.165, 1.54) is 18.4 Å². The van der Waals surface area contributed by atoms with Crippen LogP contribution in [0.3, 0.4) is 0 Å². The molecule has 3 heteroatoms. The lowest BCUT2D eigenvalue weighted by atomic mass is 10.1. The van der Waals surface area contributed by atoms with Crippen molar-refractivity contribution in [2.45, 2.75) is 38.6 Å². The second-order valence-corrected chi connectivity index (χ2v) is 5.04. The number of carbonyl (C=O) groups excluding carboxylic acids is 1. The van der Waals surface area contributed by atoms with Gasteiger partial charge in [0.25, 0.3) is 0 Å². The maximum absolute atomic E-state index is 11.7. The molecular weight excluding hydrogens is 226 g/mol. The predicted molar refractivity (Wildman–Crippen MR) is 71.6 cm³/mol. The number of rotatable bonds is 6. The summed E-state index contributed by atoms with van der Waals surface area (Å²) in [7, 11) is 1.65. The van der Waals surface area contributed by atoms with Crippen LogP contribution in [0, 0.1) is 5.92 Å². The summed E-state index contributed by atoms with van der Waals surface area (Å²) in [5.74, 6) is 1.73. The van der Waals surface area contributed by atoms with Crippen LogP contribution in [0.15, 0.2) is 24.3 Å². The maximum Gasteiger partial charge on any atom is 0.220 e. The number of aryl methyl sites for hydroxylation is 1. The van der Waals surface area contributed by atoms with Crippen LogP contribution in [-0.4, -0.2) is 19.1 Å².